The average Bonchev–Trinajstić information content (AvgIpc) is 3.44. The van der Waals surface area contributed by atoms with E-state index in [9.17, 15) is 4.79 Å². The van der Waals surface area contributed by atoms with Gasteiger partial charge in [0.05, 0.1) is 25.5 Å². The fraction of sp³-hybridized carbons (Fsp3) is 0.609. The van der Waals surface area contributed by atoms with Crippen molar-refractivity contribution in [3.8, 4) is 17.1 Å². The van der Waals surface area contributed by atoms with Crippen LogP contribution in [0.15, 0.2) is 29.4 Å². The summed E-state index contributed by atoms with van der Waals surface area (Å²) in [5.74, 6) is 2.79. The van der Waals surface area contributed by atoms with Crippen molar-refractivity contribution in [3.63, 3.8) is 0 Å². The van der Waals surface area contributed by atoms with Gasteiger partial charge in [0, 0.05) is 18.2 Å². The topological polar surface area (TPSA) is 78.3 Å². The molecule has 1 aliphatic heterocycles. The van der Waals surface area contributed by atoms with E-state index in [0.717, 1.165) is 60.5 Å². The van der Waals surface area contributed by atoms with Crippen LogP contribution in [0, 0.1) is 5.92 Å². The van der Waals surface area contributed by atoms with Crippen molar-refractivity contribution in [1.29, 1.82) is 0 Å². The second kappa shape index (κ2) is 10.5. The molecule has 2 heterocycles. The van der Waals surface area contributed by atoms with E-state index >= 15 is 0 Å². The fourth-order valence-electron chi connectivity index (χ4n) is 4.31. The summed E-state index contributed by atoms with van der Waals surface area (Å²) >= 11 is 1.45. The van der Waals surface area contributed by atoms with Crippen molar-refractivity contribution in [3.05, 3.63) is 24.3 Å². The Labute approximate surface area is 188 Å². The molecule has 1 saturated carbocycles. The summed E-state index contributed by atoms with van der Waals surface area (Å²) in [5, 5.41) is 12.8. The minimum Gasteiger partial charge on any atom is -0.497 e. The number of ether oxygens (including phenoxy) is 2. The summed E-state index contributed by atoms with van der Waals surface area (Å²) in [7, 11) is 1.66. The normalized spacial score (nSPS) is 23.6. The van der Waals surface area contributed by atoms with Gasteiger partial charge in [0.25, 0.3) is 0 Å². The van der Waals surface area contributed by atoms with Crippen LogP contribution in [0.2, 0.25) is 0 Å². The third kappa shape index (κ3) is 5.80. The monoisotopic (exact) mass is 444 g/mol. The largest absolute Gasteiger partial charge is 0.497 e. The number of carbonyl (C=O) groups excluding carboxylic acids is 1. The lowest BCUT2D eigenvalue weighted by Crippen LogP contribution is -2.38. The van der Waals surface area contributed by atoms with Crippen LogP contribution in [-0.4, -0.2) is 52.3 Å². The number of thioether (sulfide) groups is 1. The minimum atomic E-state index is 0.0715. The van der Waals surface area contributed by atoms with Gasteiger partial charge in [-0.3, -0.25) is 9.36 Å². The molecular formula is C23H32N4O3S. The molecule has 168 valence electrons. The highest BCUT2D eigenvalue weighted by molar-refractivity contribution is 7.99. The van der Waals surface area contributed by atoms with Gasteiger partial charge in [0.2, 0.25) is 5.91 Å². The first-order valence-corrected chi connectivity index (χ1v) is 12.2. The number of carbonyl (C=O) groups is 1. The lowest BCUT2D eigenvalue weighted by Gasteiger charge is -2.26. The average molecular weight is 445 g/mol. The van der Waals surface area contributed by atoms with E-state index in [-0.39, 0.29) is 12.0 Å². The number of benzene rings is 1. The Kier molecular flexibility index (Phi) is 7.50. The maximum atomic E-state index is 12.5. The smallest absolute Gasteiger partial charge is 0.230 e. The van der Waals surface area contributed by atoms with Gasteiger partial charge in [-0.15, -0.1) is 10.2 Å². The highest BCUT2D eigenvalue weighted by Gasteiger charge is 2.23. The van der Waals surface area contributed by atoms with Crippen molar-refractivity contribution in [2.75, 3.05) is 19.5 Å². The van der Waals surface area contributed by atoms with Crippen LogP contribution in [0.1, 0.15) is 45.4 Å². The molecule has 4 rings (SSSR count). The third-order valence-electron chi connectivity index (χ3n) is 6.19. The molecule has 1 aromatic carbocycles. The molecule has 1 amide bonds. The number of aromatic nitrogens is 3. The maximum absolute atomic E-state index is 12.5. The number of rotatable bonds is 8. The van der Waals surface area contributed by atoms with E-state index in [0.29, 0.717) is 18.3 Å². The summed E-state index contributed by atoms with van der Waals surface area (Å²) in [6.45, 7) is 3.78. The first-order valence-electron chi connectivity index (χ1n) is 11.2. The van der Waals surface area contributed by atoms with E-state index in [1.165, 1.54) is 24.6 Å². The zero-order valence-electron chi connectivity index (χ0n) is 18.4. The third-order valence-corrected chi connectivity index (χ3v) is 7.16. The summed E-state index contributed by atoms with van der Waals surface area (Å²) in [5.41, 5.74) is 0.971. The molecule has 1 saturated heterocycles. The molecule has 8 heteroatoms. The number of hydrogen-bond donors (Lipinski definition) is 1. The molecular weight excluding hydrogens is 412 g/mol. The van der Waals surface area contributed by atoms with E-state index in [1.807, 2.05) is 24.3 Å². The van der Waals surface area contributed by atoms with Gasteiger partial charge in [-0.2, -0.15) is 0 Å². The molecule has 0 bridgehead atoms. The standard InChI is InChI=1S/C23H32N4O3S/c1-16-5-9-18(10-6-16)24-21(28)15-31-23-26-25-22(17-7-11-19(29-2)12-8-17)27(23)14-20-4-3-13-30-20/h7-8,11-12,16,18,20H,3-6,9-10,13-15H2,1-2H3,(H,24,28). The number of hydrogen-bond acceptors (Lipinski definition) is 6. The van der Waals surface area contributed by atoms with E-state index < -0.39 is 0 Å². The predicted octanol–water partition coefficient (Wildman–Crippen LogP) is 3.92. The Morgan fingerprint density at radius 3 is 2.65 bits per heavy atom. The van der Waals surface area contributed by atoms with E-state index in [1.54, 1.807) is 7.11 Å². The van der Waals surface area contributed by atoms with Crippen LogP contribution in [-0.2, 0) is 16.1 Å². The van der Waals surface area contributed by atoms with Crippen molar-refractivity contribution >= 4 is 17.7 Å². The summed E-state index contributed by atoms with van der Waals surface area (Å²) < 4.78 is 13.2. The van der Waals surface area contributed by atoms with Crippen molar-refractivity contribution in [2.45, 2.75) is 69.3 Å². The second-order valence-electron chi connectivity index (χ2n) is 8.59. The zero-order chi connectivity index (χ0) is 21.6. The number of nitrogens with zero attached hydrogens (tertiary/aromatic N) is 3. The fourth-order valence-corrected chi connectivity index (χ4v) is 5.07. The molecule has 2 aliphatic rings. The quantitative estimate of drug-likeness (QED) is 0.622. The molecule has 1 unspecified atom stereocenters. The molecule has 1 aromatic heterocycles. The first-order chi connectivity index (χ1) is 15.1. The molecule has 1 aliphatic carbocycles. The zero-order valence-corrected chi connectivity index (χ0v) is 19.2. The summed E-state index contributed by atoms with van der Waals surface area (Å²) in [6, 6.07) is 8.13. The van der Waals surface area contributed by atoms with Crippen molar-refractivity contribution in [2.24, 2.45) is 5.92 Å². The lowest BCUT2D eigenvalue weighted by atomic mass is 9.87. The highest BCUT2D eigenvalue weighted by Crippen LogP contribution is 2.28. The van der Waals surface area contributed by atoms with Gasteiger partial charge in [-0.1, -0.05) is 18.7 Å². The van der Waals surface area contributed by atoms with Crippen LogP contribution >= 0.6 is 11.8 Å². The van der Waals surface area contributed by atoms with Crippen LogP contribution in [0.4, 0.5) is 0 Å². The van der Waals surface area contributed by atoms with Gasteiger partial charge in [-0.05, 0) is 68.7 Å². The van der Waals surface area contributed by atoms with Gasteiger partial charge in [-0.25, -0.2) is 0 Å². The highest BCUT2D eigenvalue weighted by atomic mass is 32.2. The molecule has 2 fully saturated rings. The molecule has 1 atom stereocenters. The van der Waals surface area contributed by atoms with Crippen LogP contribution in [0.5, 0.6) is 5.75 Å². The Morgan fingerprint density at radius 1 is 1.19 bits per heavy atom. The molecule has 7 nitrogen and oxygen atoms in total. The van der Waals surface area contributed by atoms with Crippen LogP contribution < -0.4 is 10.1 Å². The summed E-state index contributed by atoms with van der Waals surface area (Å²) in [4.78, 5) is 12.5. The Balaban J connectivity index is 1.44. The molecule has 31 heavy (non-hydrogen) atoms. The predicted molar refractivity (Wildman–Crippen MR) is 121 cm³/mol. The SMILES string of the molecule is COc1ccc(-c2nnc(SCC(=O)NC3CCC(C)CC3)n2CC2CCCO2)cc1. The number of nitrogens with one attached hydrogen (secondary N) is 1. The molecule has 2 aromatic rings. The molecule has 0 radical (unpaired) electrons. The van der Waals surface area contributed by atoms with E-state index in [2.05, 4.69) is 27.0 Å². The number of methoxy groups -OCH3 is 1. The number of amides is 1. The van der Waals surface area contributed by atoms with Crippen molar-refractivity contribution in [1.82, 2.24) is 20.1 Å². The minimum absolute atomic E-state index is 0.0715. The maximum Gasteiger partial charge on any atom is 0.230 e. The van der Waals surface area contributed by atoms with Crippen LogP contribution in [0.25, 0.3) is 11.4 Å². The molecule has 1 N–H and O–H groups in total. The van der Waals surface area contributed by atoms with Crippen molar-refractivity contribution < 1.29 is 14.3 Å². The van der Waals surface area contributed by atoms with E-state index in [4.69, 9.17) is 9.47 Å². The molecule has 0 spiro atoms. The first kappa shape index (κ1) is 22.1. The van der Waals surface area contributed by atoms with Gasteiger partial charge >= 0.3 is 0 Å². The Morgan fingerprint density at radius 2 is 1.97 bits per heavy atom. The summed E-state index contributed by atoms with van der Waals surface area (Å²) in [6.07, 6.45) is 6.81. The van der Waals surface area contributed by atoms with Gasteiger partial charge in [0.15, 0.2) is 11.0 Å². The Bertz CT molecular complexity index is 856. The van der Waals surface area contributed by atoms with Crippen LogP contribution in [0.3, 0.4) is 0 Å². The van der Waals surface area contributed by atoms with Gasteiger partial charge < -0.3 is 14.8 Å². The lowest BCUT2D eigenvalue weighted by molar-refractivity contribution is -0.119. The van der Waals surface area contributed by atoms with Gasteiger partial charge in [0.1, 0.15) is 5.75 Å². The Hall–Kier alpha value is -2.06. The second-order valence-corrected chi connectivity index (χ2v) is 9.54.